The molecule has 4 heteroatoms. The maximum absolute atomic E-state index is 12.0. The second-order valence-electron chi connectivity index (χ2n) is 3.73. The van der Waals surface area contributed by atoms with Gasteiger partial charge in [-0.3, -0.25) is 9.63 Å². The summed E-state index contributed by atoms with van der Waals surface area (Å²) >= 11 is 1.75. The minimum atomic E-state index is -0.0274. The van der Waals surface area contributed by atoms with Gasteiger partial charge in [0.1, 0.15) is 0 Å². The van der Waals surface area contributed by atoms with Crippen LogP contribution in [0.25, 0.3) is 0 Å². The van der Waals surface area contributed by atoms with Crippen molar-refractivity contribution >= 4 is 17.7 Å². The molecule has 0 atom stereocenters. The third-order valence-electron chi connectivity index (χ3n) is 2.46. The highest BCUT2D eigenvalue weighted by molar-refractivity contribution is 7.97. The number of hydrogen-bond donors (Lipinski definition) is 0. The standard InChI is InChI=1S/C12H15NO2S/c1-16-9-10-4-2-5-11(8-10)12(14)13-6-3-7-15-13/h2,4-5,8H,3,6-7,9H2,1H3. The molecular weight excluding hydrogens is 222 g/mol. The Morgan fingerprint density at radius 1 is 1.56 bits per heavy atom. The topological polar surface area (TPSA) is 29.5 Å². The van der Waals surface area contributed by atoms with Gasteiger partial charge in [0.15, 0.2) is 0 Å². The Labute approximate surface area is 99.7 Å². The minimum Gasteiger partial charge on any atom is -0.271 e. The molecule has 1 aliphatic heterocycles. The van der Waals surface area contributed by atoms with Crippen molar-refractivity contribution in [2.45, 2.75) is 12.2 Å². The van der Waals surface area contributed by atoms with E-state index in [1.165, 1.54) is 10.6 Å². The predicted octanol–water partition coefficient (Wildman–Crippen LogP) is 2.33. The third-order valence-corrected chi connectivity index (χ3v) is 3.09. The molecule has 2 rings (SSSR count). The molecule has 1 fully saturated rings. The summed E-state index contributed by atoms with van der Waals surface area (Å²) < 4.78 is 0. The van der Waals surface area contributed by atoms with Crippen molar-refractivity contribution in [1.82, 2.24) is 5.06 Å². The number of carbonyl (C=O) groups is 1. The first-order valence-electron chi connectivity index (χ1n) is 5.34. The van der Waals surface area contributed by atoms with Gasteiger partial charge < -0.3 is 0 Å². The normalized spacial score (nSPS) is 15.4. The Morgan fingerprint density at radius 3 is 3.12 bits per heavy atom. The van der Waals surface area contributed by atoms with Crippen LogP contribution in [-0.2, 0) is 10.6 Å². The van der Waals surface area contributed by atoms with Crippen LogP contribution in [0.5, 0.6) is 0 Å². The number of rotatable bonds is 3. The molecular formula is C12H15NO2S. The van der Waals surface area contributed by atoms with Crippen LogP contribution in [0.4, 0.5) is 0 Å². The van der Waals surface area contributed by atoms with Crippen molar-refractivity contribution in [3.05, 3.63) is 35.4 Å². The first-order chi connectivity index (χ1) is 7.81. The van der Waals surface area contributed by atoms with Crippen LogP contribution in [0.15, 0.2) is 24.3 Å². The van der Waals surface area contributed by atoms with E-state index >= 15 is 0 Å². The van der Waals surface area contributed by atoms with E-state index in [9.17, 15) is 4.79 Å². The summed E-state index contributed by atoms with van der Waals surface area (Å²) in [5.74, 6) is 0.905. The van der Waals surface area contributed by atoms with E-state index < -0.39 is 0 Å². The first-order valence-corrected chi connectivity index (χ1v) is 6.73. The van der Waals surface area contributed by atoms with Crippen LogP contribution in [-0.4, -0.2) is 30.4 Å². The number of hydroxylamine groups is 2. The molecule has 0 bridgehead atoms. The third kappa shape index (κ3) is 2.57. The molecule has 16 heavy (non-hydrogen) atoms. The van der Waals surface area contributed by atoms with Crippen molar-refractivity contribution < 1.29 is 9.63 Å². The summed E-state index contributed by atoms with van der Waals surface area (Å²) in [4.78, 5) is 17.2. The van der Waals surface area contributed by atoms with E-state index in [4.69, 9.17) is 4.84 Å². The Bertz CT molecular complexity index is 375. The highest BCUT2D eigenvalue weighted by Crippen LogP contribution is 2.15. The molecule has 0 spiro atoms. The Morgan fingerprint density at radius 2 is 2.44 bits per heavy atom. The first kappa shape index (κ1) is 11.5. The van der Waals surface area contributed by atoms with Crippen LogP contribution >= 0.6 is 11.8 Å². The highest BCUT2D eigenvalue weighted by atomic mass is 32.2. The molecule has 0 aromatic heterocycles. The number of hydrogen-bond acceptors (Lipinski definition) is 3. The van der Waals surface area contributed by atoms with Crippen molar-refractivity contribution in [3.8, 4) is 0 Å². The van der Waals surface area contributed by atoms with Crippen LogP contribution in [0.2, 0.25) is 0 Å². The Hall–Kier alpha value is -1.00. The van der Waals surface area contributed by atoms with Gasteiger partial charge in [0.25, 0.3) is 5.91 Å². The lowest BCUT2D eigenvalue weighted by Crippen LogP contribution is -2.26. The molecule has 1 saturated heterocycles. The van der Waals surface area contributed by atoms with Gasteiger partial charge in [0, 0.05) is 11.3 Å². The van der Waals surface area contributed by atoms with Gasteiger partial charge in [-0.1, -0.05) is 12.1 Å². The van der Waals surface area contributed by atoms with Crippen molar-refractivity contribution in [3.63, 3.8) is 0 Å². The highest BCUT2D eigenvalue weighted by Gasteiger charge is 2.20. The van der Waals surface area contributed by atoms with E-state index in [1.54, 1.807) is 11.8 Å². The van der Waals surface area contributed by atoms with Gasteiger partial charge in [0.2, 0.25) is 0 Å². The fourth-order valence-corrected chi connectivity index (χ4v) is 2.23. The van der Waals surface area contributed by atoms with Crippen molar-refractivity contribution in [2.24, 2.45) is 0 Å². The molecule has 86 valence electrons. The lowest BCUT2D eigenvalue weighted by Gasteiger charge is -2.14. The van der Waals surface area contributed by atoms with E-state index in [1.807, 2.05) is 24.3 Å². The maximum Gasteiger partial charge on any atom is 0.277 e. The fraction of sp³-hybridized carbons (Fsp3) is 0.417. The van der Waals surface area contributed by atoms with E-state index in [0.29, 0.717) is 18.7 Å². The lowest BCUT2D eigenvalue weighted by atomic mass is 10.1. The Kier molecular flexibility index (Phi) is 3.85. The van der Waals surface area contributed by atoms with Gasteiger partial charge >= 0.3 is 0 Å². The summed E-state index contributed by atoms with van der Waals surface area (Å²) in [7, 11) is 0. The molecule has 3 nitrogen and oxygen atoms in total. The summed E-state index contributed by atoms with van der Waals surface area (Å²) in [5.41, 5.74) is 1.89. The zero-order chi connectivity index (χ0) is 11.4. The molecule has 0 N–H and O–H groups in total. The molecule has 1 aliphatic rings. The molecule has 1 amide bonds. The van der Waals surface area contributed by atoms with Gasteiger partial charge in [-0.05, 0) is 30.4 Å². The zero-order valence-corrected chi connectivity index (χ0v) is 10.1. The second-order valence-corrected chi connectivity index (χ2v) is 4.59. The second kappa shape index (κ2) is 5.37. The fourth-order valence-electron chi connectivity index (χ4n) is 1.71. The molecule has 1 aromatic carbocycles. The number of carbonyl (C=O) groups excluding carboxylic acids is 1. The minimum absolute atomic E-state index is 0.0274. The SMILES string of the molecule is CSCc1cccc(C(=O)N2CCCO2)c1. The van der Waals surface area contributed by atoms with Crippen molar-refractivity contribution in [1.29, 1.82) is 0 Å². The van der Waals surface area contributed by atoms with Gasteiger partial charge in [-0.2, -0.15) is 11.8 Å². The molecule has 0 aliphatic carbocycles. The average Bonchev–Trinajstić information content (AvgIpc) is 2.82. The average molecular weight is 237 g/mol. The predicted molar refractivity (Wildman–Crippen MR) is 65.3 cm³/mol. The maximum atomic E-state index is 12.0. The number of benzene rings is 1. The van der Waals surface area contributed by atoms with Crippen molar-refractivity contribution in [2.75, 3.05) is 19.4 Å². The largest absolute Gasteiger partial charge is 0.277 e. The number of thioether (sulfide) groups is 1. The lowest BCUT2D eigenvalue weighted by molar-refractivity contribution is -0.0768. The Balaban J connectivity index is 2.12. The van der Waals surface area contributed by atoms with Crippen LogP contribution in [0.1, 0.15) is 22.3 Å². The summed E-state index contributed by atoms with van der Waals surface area (Å²) in [6, 6.07) is 7.75. The quantitative estimate of drug-likeness (QED) is 0.808. The number of nitrogens with zero attached hydrogens (tertiary/aromatic N) is 1. The molecule has 0 radical (unpaired) electrons. The van der Waals surface area contributed by atoms with Crippen LogP contribution < -0.4 is 0 Å². The number of amides is 1. The molecule has 0 unspecified atom stereocenters. The van der Waals surface area contributed by atoms with E-state index in [2.05, 4.69) is 6.26 Å². The monoisotopic (exact) mass is 237 g/mol. The summed E-state index contributed by atoms with van der Waals surface area (Å²) in [6.45, 7) is 1.35. The summed E-state index contributed by atoms with van der Waals surface area (Å²) in [6.07, 6.45) is 2.98. The smallest absolute Gasteiger partial charge is 0.271 e. The molecule has 1 heterocycles. The summed E-state index contributed by atoms with van der Waals surface area (Å²) in [5, 5.41) is 1.46. The molecule has 1 aromatic rings. The molecule has 0 saturated carbocycles. The van der Waals surface area contributed by atoms with Crippen LogP contribution in [0.3, 0.4) is 0 Å². The van der Waals surface area contributed by atoms with E-state index in [0.717, 1.165) is 12.2 Å². The van der Waals surface area contributed by atoms with Crippen LogP contribution in [0, 0.1) is 0 Å². The van der Waals surface area contributed by atoms with Gasteiger partial charge in [-0.15, -0.1) is 0 Å². The van der Waals surface area contributed by atoms with E-state index in [-0.39, 0.29) is 5.91 Å². The van der Waals surface area contributed by atoms with Gasteiger partial charge in [-0.25, -0.2) is 5.06 Å². The van der Waals surface area contributed by atoms with Gasteiger partial charge in [0.05, 0.1) is 13.2 Å². The zero-order valence-electron chi connectivity index (χ0n) is 9.31.